The molecule has 3 rings (SSSR count). The van der Waals surface area contributed by atoms with Crippen LogP contribution in [0.25, 0.3) is 0 Å². The predicted molar refractivity (Wildman–Crippen MR) is 123 cm³/mol. The number of carbonyl (C=O) groups excluding carboxylic acids is 2. The zero-order valence-corrected chi connectivity index (χ0v) is 18.1. The van der Waals surface area contributed by atoms with E-state index in [2.05, 4.69) is 10.6 Å². The maximum atomic E-state index is 12.3. The Labute approximate surface area is 184 Å². The topological polar surface area (TPSA) is 67.4 Å². The van der Waals surface area contributed by atoms with Crippen molar-refractivity contribution >= 4 is 46.6 Å². The number of thioether (sulfide) groups is 1. The second kappa shape index (κ2) is 10.2. The summed E-state index contributed by atoms with van der Waals surface area (Å²) in [6.45, 7) is 1.91. The van der Waals surface area contributed by atoms with Gasteiger partial charge in [0, 0.05) is 26.9 Å². The highest BCUT2D eigenvalue weighted by molar-refractivity contribution is 8.00. The fraction of sp³-hybridized carbons (Fsp3) is 0.130. The Morgan fingerprint density at radius 1 is 0.933 bits per heavy atom. The van der Waals surface area contributed by atoms with Crippen molar-refractivity contribution in [3.63, 3.8) is 0 Å². The summed E-state index contributed by atoms with van der Waals surface area (Å²) in [4.78, 5) is 25.4. The van der Waals surface area contributed by atoms with E-state index in [0.717, 1.165) is 10.5 Å². The van der Waals surface area contributed by atoms with Crippen molar-refractivity contribution in [1.82, 2.24) is 0 Å². The van der Waals surface area contributed by atoms with Crippen LogP contribution in [0.5, 0.6) is 5.75 Å². The van der Waals surface area contributed by atoms with E-state index in [1.165, 1.54) is 11.8 Å². The average Bonchev–Trinajstić information content (AvgIpc) is 2.76. The van der Waals surface area contributed by atoms with Crippen LogP contribution < -0.4 is 15.4 Å². The number of halogens is 1. The number of nitrogens with one attached hydrogen (secondary N) is 2. The smallest absolute Gasteiger partial charge is 0.255 e. The quantitative estimate of drug-likeness (QED) is 0.466. The van der Waals surface area contributed by atoms with Gasteiger partial charge in [-0.3, -0.25) is 9.59 Å². The van der Waals surface area contributed by atoms with Gasteiger partial charge in [-0.1, -0.05) is 17.7 Å². The highest BCUT2D eigenvalue weighted by Gasteiger charge is 2.08. The monoisotopic (exact) mass is 440 g/mol. The maximum Gasteiger partial charge on any atom is 0.255 e. The number of hydrogen-bond donors (Lipinski definition) is 2. The molecule has 5 nitrogen and oxygen atoms in total. The van der Waals surface area contributed by atoms with Crippen molar-refractivity contribution in [2.45, 2.75) is 11.8 Å². The van der Waals surface area contributed by atoms with Crippen molar-refractivity contribution in [3.05, 3.63) is 82.9 Å². The summed E-state index contributed by atoms with van der Waals surface area (Å²) in [6, 6.07) is 19.7. The molecule has 0 saturated heterocycles. The third-order valence-electron chi connectivity index (χ3n) is 4.29. The number of ether oxygens (including phenoxy) is 1. The summed E-state index contributed by atoms with van der Waals surface area (Å²) in [5.74, 6) is 0.650. The van der Waals surface area contributed by atoms with Gasteiger partial charge in [-0.15, -0.1) is 11.8 Å². The summed E-state index contributed by atoms with van der Waals surface area (Å²) in [5.41, 5.74) is 2.86. The second-order valence-electron chi connectivity index (χ2n) is 6.51. The average molecular weight is 441 g/mol. The number of hydrogen-bond acceptors (Lipinski definition) is 4. The van der Waals surface area contributed by atoms with Gasteiger partial charge in [-0.05, 0) is 73.2 Å². The fourth-order valence-corrected chi connectivity index (χ4v) is 3.48. The van der Waals surface area contributed by atoms with Gasteiger partial charge in [0.1, 0.15) is 5.75 Å². The number of carbonyl (C=O) groups is 2. The van der Waals surface area contributed by atoms with E-state index in [1.54, 1.807) is 49.6 Å². The van der Waals surface area contributed by atoms with Crippen LogP contribution in [0, 0.1) is 6.92 Å². The molecule has 0 aliphatic carbocycles. The molecular weight excluding hydrogens is 420 g/mol. The first kappa shape index (κ1) is 21.7. The Morgan fingerprint density at radius 2 is 1.60 bits per heavy atom. The van der Waals surface area contributed by atoms with E-state index >= 15 is 0 Å². The number of aryl methyl sites for hydroxylation is 1. The van der Waals surface area contributed by atoms with Gasteiger partial charge in [-0.25, -0.2) is 0 Å². The Kier molecular flexibility index (Phi) is 7.38. The Morgan fingerprint density at radius 3 is 2.23 bits per heavy atom. The molecule has 2 N–H and O–H groups in total. The number of anilines is 2. The van der Waals surface area contributed by atoms with Gasteiger partial charge in [0.05, 0.1) is 12.9 Å². The molecule has 7 heteroatoms. The summed E-state index contributed by atoms with van der Waals surface area (Å²) in [7, 11) is 1.58. The zero-order chi connectivity index (χ0) is 21.5. The standard InChI is InChI=1S/C23H21ClN2O3S/c1-15-3-6-18(13-21(15)24)25-22(27)14-30-20-11-7-17(8-12-20)26-23(28)16-4-9-19(29-2)10-5-16/h3-13H,14H2,1-2H3,(H,25,27)(H,26,28). The van der Waals surface area contributed by atoms with E-state index in [9.17, 15) is 9.59 Å². The minimum absolute atomic E-state index is 0.114. The minimum Gasteiger partial charge on any atom is -0.497 e. The molecule has 3 aromatic carbocycles. The fourth-order valence-electron chi connectivity index (χ4n) is 2.60. The number of methoxy groups -OCH3 is 1. The molecule has 2 amide bonds. The Balaban J connectivity index is 1.50. The molecule has 154 valence electrons. The van der Waals surface area contributed by atoms with E-state index < -0.39 is 0 Å². The molecule has 0 atom stereocenters. The molecule has 30 heavy (non-hydrogen) atoms. The molecule has 0 aliphatic rings. The van der Waals surface area contributed by atoms with Crippen molar-refractivity contribution in [2.75, 3.05) is 23.5 Å². The van der Waals surface area contributed by atoms with Gasteiger partial charge in [-0.2, -0.15) is 0 Å². The first-order valence-electron chi connectivity index (χ1n) is 9.19. The predicted octanol–water partition coefficient (Wildman–Crippen LogP) is 5.64. The largest absolute Gasteiger partial charge is 0.497 e. The Hall–Kier alpha value is -2.96. The SMILES string of the molecule is COc1ccc(C(=O)Nc2ccc(SCC(=O)Nc3ccc(C)c(Cl)c3)cc2)cc1. The van der Waals surface area contributed by atoms with Crippen molar-refractivity contribution in [1.29, 1.82) is 0 Å². The molecule has 0 fully saturated rings. The van der Waals surface area contributed by atoms with E-state index in [1.807, 2.05) is 31.2 Å². The van der Waals surface area contributed by atoms with Crippen LogP contribution in [-0.2, 0) is 4.79 Å². The first-order chi connectivity index (χ1) is 14.4. The van der Waals surface area contributed by atoms with Crippen molar-refractivity contribution in [3.8, 4) is 5.75 Å². The van der Waals surface area contributed by atoms with Gasteiger partial charge in [0.2, 0.25) is 5.91 Å². The van der Waals surface area contributed by atoms with E-state index in [-0.39, 0.29) is 17.6 Å². The highest BCUT2D eigenvalue weighted by atomic mass is 35.5. The van der Waals surface area contributed by atoms with E-state index in [0.29, 0.717) is 27.7 Å². The van der Waals surface area contributed by atoms with Gasteiger partial charge in [0.15, 0.2) is 0 Å². The van der Waals surface area contributed by atoms with Crippen LogP contribution >= 0.6 is 23.4 Å². The lowest BCUT2D eigenvalue weighted by molar-refractivity contribution is -0.113. The molecule has 0 unspecified atom stereocenters. The molecule has 3 aromatic rings. The van der Waals surface area contributed by atoms with Gasteiger partial charge >= 0.3 is 0 Å². The van der Waals surface area contributed by atoms with Crippen LogP contribution in [-0.4, -0.2) is 24.7 Å². The van der Waals surface area contributed by atoms with Crippen molar-refractivity contribution in [2.24, 2.45) is 0 Å². The second-order valence-corrected chi connectivity index (χ2v) is 7.96. The molecule has 0 spiro atoms. The first-order valence-corrected chi connectivity index (χ1v) is 10.6. The zero-order valence-electron chi connectivity index (χ0n) is 16.6. The number of amides is 2. The molecule has 0 aliphatic heterocycles. The Bertz CT molecular complexity index is 1040. The van der Waals surface area contributed by atoms with E-state index in [4.69, 9.17) is 16.3 Å². The number of rotatable bonds is 7. The molecule has 0 radical (unpaired) electrons. The summed E-state index contributed by atoms with van der Waals surface area (Å²) in [5, 5.41) is 6.30. The minimum atomic E-state index is -0.200. The summed E-state index contributed by atoms with van der Waals surface area (Å²) < 4.78 is 5.09. The third kappa shape index (κ3) is 6.02. The molecule has 0 aromatic heterocycles. The van der Waals surface area contributed by atoms with Crippen LogP contribution in [0.3, 0.4) is 0 Å². The van der Waals surface area contributed by atoms with Gasteiger partial charge < -0.3 is 15.4 Å². The summed E-state index contributed by atoms with van der Waals surface area (Å²) in [6.07, 6.45) is 0. The summed E-state index contributed by atoms with van der Waals surface area (Å²) >= 11 is 7.49. The van der Waals surface area contributed by atoms with Crippen molar-refractivity contribution < 1.29 is 14.3 Å². The lowest BCUT2D eigenvalue weighted by atomic mass is 10.2. The lowest BCUT2D eigenvalue weighted by Gasteiger charge is -2.08. The lowest BCUT2D eigenvalue weighted by Crippen LogP contribution is -2.14. The normalized spacial score (nSPS) is 10.4. The molecule has 0 bridgehead atoms. The number of benzene rings is 3. The maximum absolute atomic E-state index is 12.3. The molecular formula is C23H21ClN2O3S. The van der Waals surface area contributed by atoms with Crippen LogP contribution in [0.2, 0.25) is 5.02 Å². The van der Waals surface area contributed by atoms with Gasteiger partial charge in [0.25, 0.3) is 5.91 Å². The molecule has 0 heterocycles. The van der Waals surface area contributed by atoms with Crippen LogP contribution in [0.4, 0.5) is 11.4 Å². The third-order valence-corrected chi connectivity index (χ3v) is 5.71. The van der Waals surface area contributed by atoms with Crippen LogP contribution in [0.15, 0.2) is 71.6 Å². The van der Waals surface area contributed by atoms with Crippen LogP contribution in [0.1, 0.15) is 15.9 Å². The highest BCUT2D eigenvalue weighted by Crippen LogP contribution is 2.23. The molecule has 0 saturated carbocycles.